The van der Waals surface area contributed by atoms with Gasteiger partial charge in [0.1, 0.15) is 0 Å². The van der Waals surface area contributed by atoms with Gasteiger partial charge in [-0.3, -0.25) is 10.1 Å². The Morgan fingerprint density at radius 1 is 1.14 bits per heavy atom. The summed E-state index contributed by atoms with van der Waals surface area (Å²) >= 11 is 0. The summed E-state index contributed by atoms with van der Waals surface area (Å²) in [5.74, 6) is -1.23. The van der Waals surface area contributed by atoms with E-state index in [-0.39, 0.29) is 6.04 Å². The Labute approximate surface area is 122 Å². The van der Waals surface area contributed by atoms with E-state index in [0.717, 1.165) is 24.0 Å². The number of aryl methyl sites for hydroxylation is 2. The number of amides is 3. The third-order valence-electron chi connectivity index (χ3n) is 2.96. The Morgan fingerprint density at radius 2 is 1.76 bits per heavy atom. The number of ether oxygens (including phenoxy) is 1. The number of benzene rings is 1. The van der Waals surface area contributed by atoms with Crippen molar-refractivity contribution in [1.82, 2.24) is 10.6 Å². The van der Waals surface area contributed by atoms with Gasteiger partial charge in [0, 0.05) is 6.04 Å². The Morgan fingerprint density at radius 3 is 2.33 bits per heavy atom. The minimum Gasteiger partial charge on any atom is -0.452 e. The molecule has 0 heterocycles. The lowest BCUT2D eigenvalue weighted by Gasteiger charge is -2.07. The highest BCUT2D eigenvalue weighted by Crippen LogP contribution is 2.18. The van der Waals surface area contributed by atoms with Crippen molar-refractivity contribution < 1.29 is 19.1 Å². The van der Waals surface area contributed by atoms with Crippen molar-refractivity contribution in [2.24, 2.45) is 0 Å². The standard InChI is InChI=1S/C15H18N2O4/c1-9-5-10(2)7-11(6-9)14(19)21-8-13(18)17-15(20)16-12-3-4-12/h5-7,12H,3-4,8H2,1-2H3,(H2,16,17,18,20). The predicted molar refractivity (Wildman–Crippen MR) is 75.9 cm³/mol. The third kappa shape index (κ3) is 4.91. The van der Waals surface area contributed by atoms with E-state index in [4.69, 9.17) is 4.74 Å². The molecule has 112 valence electrons. The van der Waals surface area contributed by atoms with Crippen LogP contribution >= 0.6 is 0 Å². The van der Waals surface area contributed by atoms with Crippen LogP contribution < -0.4 is 10.6 Å². The summed E-state index contributed by atoms with van der Waals surface area (Å²) < 4.78 is 4.89. The number of nitrogens with one attached hydrogen (secondary N) is 2. The molecule has 0 radical (unpaired) electrons. The van der Waals surface area contributed by atoms with Crippen LogP contribution in [-0.2, 0) is 9.53 Å². The van der Waals surface area contributed by atoms with Crippen LogP contribution in [0.2, 0.25) is 0 Å². The van der Waals surface area contributed by atoms with E-state index >= 15 is 0 Å². The lowest BCUT2D eigenvalue weighted by Crippen LogP contribution is -2.42. The Hall–Kier alpha value is -2.37. The second kappa shape index (κ2) is 6.39. The molecule has 0 unspecified atom stereocenters. The van der Waals surface area contributed by atoms with Gasteiger partial charge in [-0.1, -0.05) is 17.2 Å². The maximum atomic E-state index is 11.8. The largest absolute Gasteiger partial charge is 0.452 e. The molecule has 1 aliphatic carbocycles. The van der Waals surface area contributed by atoms with E-state index in [1.165, 1.54) is 0 Å². The highest BCUT2D eigenvalue weighted by molar-refractivity contribution is 5.97. The molecule has 6 nitrogen and oxygen atoms in total. The number of imide groups is 1. The molecule has 2 rings (SSSR count). The maximum Gasteiger partial charge on any atom is 0.338 e. The van der Waals surface area contributed by atoms with Gasteiger partial charge >= 0.3 is 12.0 Å². The minimum absolute atomic E-state index is 0.163. The number of urea groups is 1. The molecular formula is C15H18N2O4. The average Bonchev–Trinajstić information content (AvgIpc) is 3.18. The van der Waals surface area contributed by atoms with Crippen molar-refractivity contribution in [3.8, 4) is 0 Å². The summed E-state index contributed by atoms with van der Waals surface area (Å²) in [6.45, 7) is 3.27. The van der Waals surface area contributed by atoms with Gasteiger partial charge in [-0.2, -0.15) is 0 Å². The minimum atomic E-state index is -0.647. The smallest absolute Gasteiger partial charge is 0.338 e. The number of esters is 1. The first-order valence-electron chi connectivity index (χ1n) is 6.80. The third-order valence-corrected chi connectivity index (χ3v) is 2.96. The quantitative estimate of drug-likeness (QED) is 0.822. The summed E-state index contributed by atoms with van der Waals surface area (Å²) in [7, 11) is 0. The number of carbonyl (C=O) groups is 3. The summed E-state index contributed by atoms with van der Waals surface area (Å²) in [6, 6.07) is 4.92. The van der Waals surface area contributed by atoms with Crippen LogP contribution in [0.5, 0.6) is 0 Å². The average molecular weight is 290 g/mol. The van der Waals surface area contributed by atoms with Gasteiger partial charge in [0.2, 0.25) is 0 Å². The van der Waals surface area contributed by atoms with Crippen molar-refractivity contribution in [3.05, 3.63) is 34.9 Å². The number of hydrogen-bond donors (Lipinski definition) is 2. The molecular weight excluding hydrogens is 272 g/mol. The zero-order chi connectivity index (χ0) is 15.4. The fourth-order valence-corrected chi connectivity index (χ4v) is 1.92. The van der Waals surface area contributed by atoms with E-state index in [9.17, 15) is 14.4 Å². The molecule has 3 amide bonds. The monoisotopic (exact) mass is 290 g/mol. The van der Waals surface area contributed by atoms with Crippen molar-refractivity contribution in [2.45, 2.75) is 32.7 Å². The molecule has 0 aromatic heterocycles. The Kier molecular flexibility index (Phi) is 4.57. The molecule has 0 bridgehead atoms. The maximum absolute atomic E-state index is 11.8. The lowest BCUT2D eigenvalue weighted by molar-refractivity contribution is -0.123. The first kappa shape index (κ1) is 15.0. The van der Waals surface area contributed by atoms with Crippen LogP contribution in [0, 0.1) is 13.8 Å². The summed E-state index contributed by atoms with van der Waals surface area (Å²) in [6.07, 6.45) is 1.87. The first-order valence-corrected chi connectivity index (χ1v) is 6.80. The first-order chi connectivity index (χ1) is 9.94. The summed E-state index contributed by atoms with van der Waals surface area (Å²) in [5, 5.41) is 4.72. The van der Waals surface area contributed by atoms with Crippen molar-refractivity contribution >= 4 is 17.9 Å². The number of hydrogen-bond acceptors (Lipinski definition) is 4. The molecule has 0 aliphatic heterocycles. The van der Waals surface area contributed by atoms with Gasteiger partial charge in [-0.25, -0.2) is 9.59 Å². The summed E-state index contributed by atoms with van der Waals surface area (Å²) in [5.41, 5.74) is 2.27. The summed E-state index contributed by atoms with van der Waals surface area (Å²) in [4.78, 5) is 34.6. The lowest BCUT2D eigenvalue weighted by atomic mass is 10.1. The van der Waals surface area contributed by atoms with Crippen LogP contribution in [0.15, 0.2) is 18.2 Å². The molecule has 1 aliphatic rings. The van der Waals surface area contributed by atoms with Crippen LogP contribution in [0.4, 0.5) is 4.79 Å². The zero-order valence-electron chi connectivity index (χ0n) is 12.1. The van der Waals surface area contributed by atoms with Gasteiger partial charge in [0.15, 0.2) is 6.61 Å². The van der Waals surface area contributed by atoms with Crippen LogP contribution in [0.3, 0.4) is 0 Å². The Balaban J connectivity index is 1.79. The van der Waals surface area contributed by atoms with E-state index in [0.29, 0.717) is 5.56 Å². The van der Waals surface area contributed by atoms with Crippen LogP contribution in [0.25, 0.3) is 0 Å². The zero-order valence-corrected chi connectivity index (χ0v) is 12.1. The fraction of sp³-hybridized carbons (Fsp3) is 0.400. The SMILES string of the molecule is Cc1cc(C)cc(C(=O)OCC(=O)NC(=O)NC2CC2)c1. The fourth-order valence-electron chi connectivity index (χ4n) is 1.92. The van der Waals surface area contributed by atoms with Gasteiger partial charge in [0.05, 0.1) is 5.56 Å². The van der Waals surface area contributed by atoms with Crippen LogP contribution in [0.1, 0.15) is 34.3 Å². The molecule has 0 saturated heterocycles. The van der Waals surface area contributed by atoms with E-state index < -0.39 is 24.5 Å². The van der Waals surface area contributed by atoms with E-state index in [2.05, 4.69) is 10.6 Å². The van der Waals surface area contributed by atoms with Crippen molar-refractivity contribution in [1.29, 1.82) is 0 Å². The van der Waals surface area contributed by atoms with Crippen molar-refractivity contribution in [3.63, 3.8) is 0 Å². The molecule has 6 heteroatoms. The Bertz CT molecular complexity index is 559. The molecule has 0 atom stereocenters. The predicted octanol–water partition coefficient (Wildman–Crippen LogP) is 1.45. The van der Waals surface area contributed by atoms with E-state index in [1.807, 2.05) is 19.9 Å². The second-order valence-corrected chi connectivity index (χ2v) is 5.25. The number of carbonyl (C=O) groups excluding carboxylic acids is 3. The normalized spacial score (nSPS) is 13.4. The number of rotatable bonds is 4. The molecule has 0 spiro atoms. The molecule has 1 aromatic rings. The molecule has 2 N–H and O–H groups in total. The van der Waals surface area contributed by atoms with E-state index in [1.54, 1.807) is 12.1 Å². The van der Waals surface area contributed by atoms with Gasteiger partial charge in [-0.15, -0.1) is 0 Å². The van der Waals surface area contributed by atoms with Crippen LogP contribution in [-0.4, -0.2) is 30.6 Å². The highest BCUT2D eigenvalue weighted by Gasteiger charge is 2.24. The van der Waals surface area contributed by atoms with Gasteiger partial charge < -0.3 is 10.1 Å². The van der Waals surface area contributed by atoms with Gasteiger partial charge in [-0.05, 0) is 38.8 Å². The van der Waals surface area contributed by atoms with Crippen molar-refractivity contribution in [2.75, 3.05) is 6.61 Å². The van der Waals surface area contributed by atoms with Gasteiger partial charge in [0.25, 0.3) is 5.91 Å². The molecule has 1 saturated carbocycles. The molecule has 1 aromatic carbocycles. The topological polar surface area (TPSA) is 84.5 Å². The second-order valence-electron chi connectivity index (χ2n) is 5.25. The molecule has 1 fully saturated rings. The molecule has 21 heavy (non-hydrogen) atoms. The highest BCUT2D eigenvalue weighted by atomic mass is 16.5.